The first-order chi connectivity index (χ1) is 11.7. The van der Waals surface area contributed by atoms with E-state index >= 15 is 0 Å². The minimum atomic E-state index is -0.282. The molecule has 2 heterocycles. The molecule has 0 bridgehead atoms. The van der Waals surface area contributed by atoms with Crippen LogP contribution >= 0.6 is 11.6 Å². The number of ether oxygens (including phenoxy) is 4. The second-order valence-corrected chi connectivity index (χ2v) is 7.18. The minimum Gasteiger partial charge on any atom is -0.352 e. The molecule has 2 saturated heterocycles. The molecule has 0 aromatic heterocycles. The Morgan fingerprint density at radius 2 is 1.42 bits per heavy atom. The third-order valence-corrected chi connectivity index (χ3v) is 4.90. The van der Waals surface area contributed by atoms with Gasteiger partial charge in [0.25, 0.3) is 0 Å². The van der Waals surface area contributed by atoms with E-state index in [-0.39, 0.29) is 12.6 Å². The molecule has 4 nitrogen and oxygen atoms in total. The van der Waals surface area contributed by atoms with Crippen molar-refractivity contribution in [1.82, 2.24) is 0 Å². The Morgan fingerprint density at radius 1 is 0.833 bits per heavy atom. The van der Waals surface area contributed by atoms with E-state index in [0.717, 1.165) is 36.6 Å². The Labute approximate surface area is 149 Å². The zero-order chi connectivity index (χ0) is 16.8. The predicted molar refractivity (Wildman–Crippen MR) is 92.9 cm³/mol. The Hall–Kier alpha value is -0.650. The highest BCUT2D eigenvalue weighted by atomic mass is 35.5. The second-order valence-electron chi connectivity index (χ2n) is 6.74. The fourth-order valence-corrected chi connectivity index (χ4v) is 3.34. The van der Waals surface area contributed by atoms with Crippen LogP contribution in [0.1, 0.15) is 44.5 Å². The number of hydrogen-bond acceptors (Lipinski definition) is 4. The topological polar surface area (TPSA) is 36.9 Å². The van der Waals surface area contributed by atoms with E-state index in [1.807, 2.05) is 24.3 Å². The maximum atomic E-state index is 5.91. The van der Waals surface area contributed by atoms with Gasteiger partial charge in [-0.1, -0.05) is 37.1 Å². The molecular formula is C19H27ClO4. The Bertz CT molecular complexity index is 477. The van der Waals surface area contributed by atoms with Crippen molar-refractivity contribution < 1.29 is 18.9 Å². The van der Waals surface area contributed by atoms with Crippen LogP contribution in [0.25, 0.3) is 0 Å². The standard InChI is InChI=1S/C19H27ClO4/c1-2-3-14-10-21-18(22-11-14)9-4-15-12-23-19(24-13-15)16-5-7-17(20)8-6-16/h5-8,14-15,18-19H,2-4,9-13H2,1H3. The van der Waals surface area contributed by atoms with Crippen LogP contribution in [0.4, 0.5) is 0 Å². The molecule has 5 heteroatoms. The van der Waals surface area contributed by atoms with E-state index in [2.05, 4.69) is 6.92 Å². The number of halogens is 1. The summed E-state index contributed by atoms with van der Waals surface area (Å²) in [7, 11) is 0. The summed E-state index contributed by atoms with van der Waals surface area (Å²) in [5, 5.41) is 0.723. The lowest BCUT2D eigenvalue weighted by atomic mass is 10.0. The van der Waals surface area contributed by atoms with Crippen LogP contribution in [-0.4, -0.2) is 32.7 Å². The first kappa shape index (κ1) is 18.2. The van der Waals surface area contributed by atoms with Crippen molar-refractivity contribution in [2.75, 3.05) is 26.4 Å². The number of rotatable bonds is 6. The maximum Gasteiger partial charge on any atom is 0.183 e. The normalized spacial score (nSPS) is 31.1. The summed E-state index contributed by atoms with van der Waals surface area (Å²) in [4.78, 5) is 0. The highest BCUT2D eigenvalue weighted by Crippen LogP contribution is 2.28. The summed E-state index contributed by atoms with van der Waals surface area (Å²) in [6, 6.07) is 7.62. The summed E-state index contributed by atoms with van der Waals surface area (Å²) in [6.45, 7) is 5.27. The first-order valence-corrected chi connectivity index (χ1v) is 9.34. The molecule has 0 amide bonds. The summed E-state index contributed by atoms with van der Waals surface area (Å²) in [6.07, 6.45) is 3.93. The van der Waals surface area contributed by atoms with Gasteiger partial charge in [-0.3, -0.25) is 0 Å². The third kappa shape index (κ3) is 5.17. The van der Waals surface area contributed by atoms with Gasteiger partial charge in [0.15, 0.2) is 12.6 Å². The average Bonchev–Trinajstić information content (AvgIpc) is 2.63. The Morgan fingerprint density at radius 3 is 2.04 bits per heavy atom. The lowest BCUT2D eigenvalue weighted by Gasteiger charge is -2.32. The Balaban J connectivity index is 1.35. The van der Waals surface area contributed by atoms with Gasteiger partial charge in [0.2, 0.25) is 0 Å². The largest absolute Gasteiger partial charge is 0.352 e. The molecule has 0 N–H and O–H groups in total. The van der Waals surface area contributed by atoms with Crippen LogP contribution in [0.15, 0.2) is 24.3 Å². The molecular weight excluding hydrogens is 328 g/mol. The molecule has 0 unspecified atom stereocenters. The molecule has 1 aromatic rings. The average molecular weight is 355 g/mol. The van der Waals surface area contributed by atoms with Crippen molar-refractivity contribution in [2.45, 2.75) is 45.2 Å². The second kappa shape index (κ2) is 9.16. The van der Waals surface area contributed by atoms with Gasteiger partial charge < -0.3 is 18.9 Å². The van der Waals surface area contributed by atoms with Crippen LogP contribution in [0, 0.1) is 11.8 Å². The van der Waals surface area contributed by atoms with Crippen LogP contribution in [0.2, 0.25) is 5.02 Å². The van der Waals surface area contributed by atoms with Gasteiger partial charge in [-0.25, -0.2) is 0 Å². The molecule has 0 aliphatic carbocycles. The van der Waals surface area contributed by atoms with Crippen molar-refractivity contribution in [2.24, 2.45) is 11.8 Å². The van der Waals surface area contributed by atoms with E-state index in [1.165, 1.54) is 12.8 Å². The number of benzene rings is 1. The minimum absolute atomic E-state index is 0.0629. The molecule has 134 valence electrons. The SMILES string of the molecule is CCCC1COC(CCC2COC(c3ccc(Cl)cc3)OC2)OC1. The van der Waals surface area contributed by atoms with E-state index in [9.17, 15) is 0 Å². The monoisotopic (exact) mass is 354 g/mol. The quantitative estimate of drug-likeness (QED) is 0.749. The van der Waals surface area contributed by atoms with Crippen molar-refractivity contribution >= 4 is 11.6 Å². The molecule has 0 spiro atoms. The fourth-order valence-electron chi connectivity index (χ4n) is 3.22. The summed E-state index contributed by atoms with van der Waals surface area (Å²) < 4.78 is 23.4. The van der Waals surface area contributed by atoms with Gasteiger partial charge in [-0.15, -0.1) is 0 Å². The third-order valence-electron chi connectivity index (χ3n) is 4.65. The zero-order valence-corrected chi connectivity index (χ0v) is 15.0. The van der Waals surface area contributed by atoms with Crippen LogP contribution in [0.3, 0.4) is 0 Å². The molecule has 0 saturated carbocycles. The molecule has 2 fully saturated rings. The van der Waals surface area contributed by atoms with Gasteiger partial charge in [0.1, 0.15) is 0 Å². The van der Waals surface area contributed by atoms with Crippen molar-refractivity contribution in [3.63, 3.8) is 0 Å². The molecule has 3 rings (SSSR count). The van der Waals surface area contributed by atoms with Crippen molar-refractivity contribution in [3.05, 3.63) is 34.9 Å². The maximum absolute atomic E-state index is 5.91. The number of hydrogen-bond donors (Lipinski definition) is 0. The van der Waals surface area contributed by atoms with E-state index < -0.39 is 0 Å². The van der Waals surface area contributed by atoms with Crippen LogP contribution in [-0.2, 0) is 18.9 Å². The van der Waals surface area contributed by atoms with E-state index in [0.29, 0.717) is 25.0 Å². The molecule has 1 aromatic carbocycles. The van der Waals surface area contributed by atoms with E-state index in [1.54, 1.807) is 0 Å². The summed E-state index contributed by atoms with van der Waals surface area (Å²) in [5.74, 6) is 0.960. The van der Waals surface area contributed by atoms with Crippen LogP contribution in [0.5, 0.6) is 0 Å². The molecule has 2 aliphatic heterocycles. The van der Waals surface area contributed by atoms with Gasteiger partial charge in [0.05, 0.1) is 26.4 Å². The smallest absolute Gasteiger partial charge is 0.183 e. The van der Waals surface area contributed by atoms with Gasteiger partial charge in [-0.2, -0.15) is 0 Å². The van der Waals surface area contributed by atoms with Gasteiger partial charge in [-0.05, 0) is 31.4 Å². The molecule has 0 atom stereocenters. The Kier molecular flexibility index (Phi) is 6.93. The highest BCUT2D eigenvalue weighted by Gasteiger charge is 2.26. The highest BCUT2D eigenvalue weighted by molar-refractivity contribution is 6.30. The summed E-state index contributed by atoms with van der Waals surface area (Å²) >= 11 is 5.91. The first-order valence-electron chi connectivity index (χ1n) is 8.96. The molecule has 2 aliphatic rings. The predicted octanol–water partition coefficient (Wildman–Crippen LogP) is 4.57. The van der Waals surface area contributed by atoms with Gasteiger partial charge in [0, 0.05) is 22.4 Å². The lowest BCUT2D eigenvalue weighted by molar-refractivity contribution is -0.220. The lowest BCUT2D eigenvalue weighted by Crippen LogP contribution is -2.33. The van der Waals surface area contributed by atoms with Crippen LogP contribution < -0.4 is 0 Å². The van der Waals surface area contributed by atoms with E-state index in [4.69, 9.17) is 30.5 Å². The zero-order valence-electron chi connectivity index (χ0n) is 14.3. The molecule has 24 heavy (non-hydrogen) atoms. The molecule has 0 radical (unpaired) electrons. The van der Waals surface area contributed by atoms with Crippen molar-refractivity contribution in [3.8, 4) is 0 Å². The fraction of sp³-hybridized carbons (Fsp3) is 0.684. The summed E-state index contributed by atoms with van der Waals surface area (Å²) in [5.41, 5.74) is 1.01. The van der Waals surface area contributed by atoms with Crippen molar-refractivity contribution in [1.29, 1.82) is 0 Å². The van der Waals surface area contributed by atoms with Gasteiger partial charge >= 0.3 is 0 Å².